The molecular weight excluding hydrogens is 239 g/mol. The molecule has 0 amide bonds. The van der Waals surface area contributed by atoms with Crippen molar-refractivity contribution in [3.8, 4) is 0 Å². The van der Waals surface area contributed by atoms with Crippen LogP contribution in [0, 0.1) is 0 Å². The molecule has 1 rings (SSSR count). The third kappa shape index (κ3) is 2.13. The van der Waals surface area contributed by atoms with Crippen molar-refractivity contribution in [1.82, 2.24) is 0 Å². The van der Waals surface area contributed by atoms with Gasteiger partial charge in [0.1, 0.15) is 0 Å². The number of hydrogen-bond donors (Lipinski definition) is 0. The van der Waals surface area contributed by atoms with Crippen LogP contribution in [0.1, 0.15) is 0 Å². The zero-order valence-corrected chi connectivity index (χ0v) is 9.19. The van der Waals surface area contributed by atoms with E-state index >= 15 is 0 Å². The molecule has 0 aliphatic heterocycles. The Labute approximate surface area is 88.1 Å². The van der Waals surface area contributed by atoms with E-state index in [4.69, 9.17) is 34.8 Å². The zero-order valence-electron chi connectivity index (χ0n) is 6.11. The van der Waals surface area contributed by atoms with Crippen LogP contribution in [0.5, 0.6) is 0 Å². The molecule has 1 aromatic carbocycles. The van der Waals surface area contributed by atoms with Crippen LogP contribution < -0.4 is 0 Å². The predicted octanol–water partition coefficient (Wildman–Crippen LogP) is 3.38. The summed E-state index contributed by atoms with van der Waals surface area (Å²) in [7, 11) is -1.13. The number of halogens is 3. The van der Waals surface area contributed by atoms with Gasteiger partial charge in [-0.05, 0) is 12.1 Å². The zero-order chi connectivity index (χ0) is 9.30. The fraction of sp³-hybridized carbons (Fsp3) is 0.143. The van der Waals surface area contributed by atoms with E-state index in [-0.39, 0.29) is 0 Å². The lowest BCUT2D eigenvalue weighted by molar-refractivity contribution is 0.687. The molecule has 1 unspecified atom stereocenters. The SMILES string of the molecule is CS(=O)c1cc(Cl)c(Cl)cc1Cl. The molecule has 0 N–H and O–H groups in total. The first-order valence-electron chi connectivity index (χ1n) is 3.00. The van der Waals surface area contributed by atoms with Gasteiger partial charge in [0.15, 0.2) is 0 Å². The minimum atomic E-state index is -1.13. The molecular formula is C7H5Cl3OS. The first-order valence-corrected chi connectivity index (χ1v) is 5.69. The highest BCUT2D eigenvalue weighted by molar-refractivity contribution is 7.84. The molecule has 0 saturated heterocycles. The molecule has 0 aliphatic carbocycles. The van der Waals surface area contributed by atoms with Crippen molar-refractivity contribution < 1.29 is 4.21 Å². The van der Waals surface area contributed by atoms with Gasteiger partial charge >= 0.3 is 0 Å². The summed E-state index contributed by atoms with van der Waals surface area (Å²) in [4.78, 5) is 0.506. The van der Waals surface area contributed by atoms with Crippen LogP contribution in [0.25, 0.3) is 0 Å². The Morgan fingerprint density at radius 3 is 2.08 bits per heavy atom. The van der Waals surface area contributed by atoms with Gasteiger partial charge in [-0.15, -0.1) is 0 Å². The summed E-state index contributed by atoms with van der Waals surface area (Å²) in [5, 5.41) is 1.12. The van der Waals surface area contributed by atoms with Crippen LogP contribution in [0.2, 0.25) is 15.1 Å². The van der Waals surface area contributed by atoms with Gasteiger partial charge in [0.2, 0.25) is 0 Å². The molecule has 1 atom stereocenters. The van der Waals surface area contributed by atoms with Gasteiger partial charge in [-0.1, -0.05) is 34.8 Å². The van der Waals surface area contributed by atoms with Crippen molar-refractivity contribution in [1.29, 1.82) is 0 Å². The second-order valence-electron chi connectivity index (χ2n) is 2.15. The quantitative estimate of drug-likeness (QED) is 0.691. The highest BCUT2D eigenvalue weighted by atomic mass is 35.5. The van der Waals surface area contributed by atoms with E-state index in [2.05, 4.69) is 0 Å². The van der Waals surface area contributed by atoms with Crippen LogP contribution in [0.3, 0.4) is 0 Å². The number of hydrogen-bond acceptors (Lipinski definition) is 1. The van der Waals surface area contributed by atoms with Gasteiger partial charge in [-0.2, -0.15) is 0 Å². The predicted molar refractivity (Wildman–Crippen MR) is 53.8 cm³/mol. The Bertz CT molecular complexity index is 338. The first kappa shape index (κ1) is 10.3. The maximum absolute atomic E-state index is 11.1. The molecule has 0 heterocycles. The molecule has 0 saturated carbocycles. The fourth-order valence-electron chi connectivity index (χ4n) is 0.725. The van der Waals surface area contributed by atoms with E-state index in [1.807, 2.05) is 0 Å². The van der Waals surface area contributed by atoms with Crippen molar-refractivity contribution in [3.05, 3.63) is 27.2 Å². The van der Waals surface area contributed by atoms with E-state index in [0.29, 0.717) is 20.0 Å². The maximum Gasteiger partial charge on any atom is 0.0607 e. The van der Waals surface area contributed by atoms with Gasteiger partial charge in [0.25, 0.3) is 0 Å². The van der Waals surface area contributed by atoms with Crippen molar-refractivity contribution in [2.45, 2.75) is 4.90 Å². The Balaban J connectivity index is 3.33. The fourth-order valence-corrected chi connectivity index (χ4v) is 2.28. The molecule has 12 heavy (non-hydrogen) atoms. The normalized spacial score (nSPS) is 13.0. The van der Waals surface area contributed by atoms with Crippen LogP contribution in [-0.4, -0.2) is 10.5 Å². The third-order valence-corrected chi connectivity index (χ3v) is 3.39. The summed E-state index contributed by atoms with van der Waals surface area (Å²) in [6, 6.07) is 3.00. The summed E-state index contributed by atoms with van der Waals surface area (Å²) >= 11 is 17.1. The smallest absolute Gasteiger partial charge is 0.0607 e. The van der Waals surface area contributed by atoms with E-state index in [9.17, 15) is 4.21 Å². The summed E-state index contributed by atoms with van der Waals surface area (Å²) < 4.78 is 11.1. The molecule has 0 bridgehead atoms. The third-order valence-electron chi connectivity index (χ3n) is 1.28. The van der Waals surface area contributed by atoms with Crippen LogP contribution >= 0.6 is 34.8 Å². The lowest BCUT2D eigenvalue weighted by Crippen LogP contribution is -1.88. The topological polar surface area (TPSA) is 17.1 Å². The van der Waals surface area contributed by atoms with Crippen molar-refractivity contribution in [3.63, 3.8) is 0 Å². The van der Waals surface area contributed by atoms with Crippen LogP contribution in [0.4, 0.5) is 0 Å². The second-order valence-corrected chi connectivity index (χ2v) is 4.72. The summed E-state index contributed by atoms with van der Waals surface area (Å²) in [5.74, 6) is 0. The van der Waals surface area contributed by atoms with Gasteiger partial charge < -0.3 is 0 Å². The minimum Gasteiger partial charge on any atom is -0.255 e. The molecule has 0 aromatic heterocycles. The molecule has 1 aromatic rings. The Morgan fingerprint density at radius 2 is 1.58 bits per heavy atom. The number of benzene rings is 1. The van der Waals surface area contributed by atoms with E-state index in [1.54, 1.807) is 0 Å². The molecule has 5 heteroatoms. The maximum atomic E-state index is 11.1. The highest BCUT2D eigenvalue weighted by Crippen LogP contribution is 2.30. The lowest BCUT2D eigenvalue weighted by atomic mass is 10.4. The van der Waals surface area contributed by atoms with Gasteiger partial charge in [0, 0.05) is 6.26 Å². The Kier molecular flexibility index (Phi) is 3.41. The van der Waals surface area contributed by atoms with Gasteiger partial charge in [-0.3, -0.25) is 4.21 Å². The van der Waals surface area contributed by atoms with Crippen molar-refractivity contribution in [2.75, 3.05) is 6.26 Å². The molecule has 0 radical (unpaired) electrons. The van der Waals surface area contributed by atoms with Crippen LogP contribution in [0.15, 0.2) is 17.0 Å². The summed E-state index contributed by atoms with van der Waals surface area (Å²) in [6.07, 6.45) is 1.53. The summed E-state index contributed by atoms with van der Waals surface area (Å²) in [6.45, 7) is 0. The molecule has 66 valence electrons. The number of rotatable bonds is 1. The lowest BCUT2D eigenvalue weighted by Gasteiger charge is -2.02. The van der Waals surface area contributed by atoms with Crippen molar-refractivity contribution in [2.24, 2.45) is 0 Å². The van der Waals surface area contributed by atoms with E-state index in [0.717, 1.165) is 0 Å². The monoisotopic (exact) mass is 242 g/mol. The Morgan fingerprint density at radius 1 is 1.08 bits per heavy atom. The molecule has 0 fully saturated rings. The first-order chi connectivity index (χ1) is 5.52. The summed E-state index contributed by atoms with van der Waals surface area (Å²) in [5.41, 5.74) is 0. The van der Waals surface area contributed by atoms with Gasteiger partial charge in [0.05, 0.1) is 30.8 Å². The van der Waals surface area contributed by atoms with Crippen LogP contribution in [-0.2, 0) is 10.8 Å². The highest BCUT2D eigenvalue weighted by Gasteiger charge is 2.08. The van der Waals surface area contributed by atoms with Gasteiger partial charge in [-0.25, -0.2) is 0 Å². The van der Waals surface area contributed by atoms with E-state index in [1.165, 1.54) is 18.4 Å². The second kappa shape index (κ2) is 3.97. The minimum absolute atomic E-state index is 0.367. The van der Waals surface area contributed by atoms with Crippen molar-refractivity contribution >= 4 is 45.6 Å². The largest absolute Gasteiger partial charge is 0.255 e. The van der Waals surface area contributed by atoms with E-state index < -0.39 is 10.8 Å². The molecule has 1 nitrogen and oxygen atoms in total. The average molecular weight is 244 g/mol. The molecule has 0 aliphatic rings. The average Bonchev–Trinajstić information content (AvgIpc) is 1.96. The molecule has 0 spiro atoms. The Hall–Kier alpha value is 0.240. The standard InChI is InChI=1S/C7H5Cl3OS/c1-12(11)7-3-5(9)4(8)2-6(7)10/h2-3H,1H3.